The van der Waals surface area contributed by atoms with E-state index >= 15 is 0 Å². The standard InChI is InChI=1S/C9H10N4O2S/c10-9(14)15-3-2-11-7-6-1-4-16-8(6)13-5-12-7/h1,4-5H,2-3H2,(H2,10,14)(H,11,12,13). The van der Waals surface area contributed by atoms with Crippen LogP contribution in [0.1, 0.15) is 0 Å². The number of primary amides is 1. The zero-order chi connectivity index (χ0) is 11.4. The summed E-state index contributed by atoms with van der Waals surface area (Å²) in [7, 11) is 0. The summed E-state index contributed by atoms with van der Waals surface area (Å²) in [5.74, 6) is 0.735. The fraction of sp³-hybridized carbons (Fsp3) is 0.222. The molecule has 0 atom stereocenters. The molecule has 0 spiro atoms. The number of carbonyl (C=O) groups is 1. The molecular formula is C9H10N4O2S. The van der Waals surface area contributed by atoms with Gasteiger partial charge in [-0.25, -0.2) is 14.8 Å². The monoisotopic (exact) mass is 238 g/mol. The van der Waals surface area contributed by atoms with E-state index in [2.05, 4.69) is 20.0 Å². The van der Waals surface area contributed by atoms with Crippen LogP contribution in [0, 0.1) is 0 Å². The molecule has 0 aliphatic heterocycles. The number of carbonyl (C=O) groups excluding carboxylic acids is 1. The number of nitrogens with one attached hydrogen (secondary N) is 1. The number of thiophene rings is 1. The number of anilines is 1. The van der Waals surface area contributed by atoms with E-state index in [1.165, 1.54) is 6.33 Å². The third-order valence-corrected chi connectivity index (χ3v) is 2.72. The summed E-state index contributed by atoms with van der Waals surface area (Å²) in [6.45, 7) is 0.676. The molecular weight excluding hydrogens is 228 g/mol. The van der Waals surface area contributed by atoms with Crippen LogP contribution in [0.2, 0.25) is 0 Å². The molecule has 0 radical (unpaired) electrons. The van der Waals surface area contributed by atoms with Gasteiger partial charge >= 0.3 is 6.09 Å². The van der Waals surface area contributed by atoms with Crippen molar-refractivity contribution in [1.82, 2.24) is 9.97 Å². The zero-order valence-electron chi connectivity index (χ0n) is 8.34. The van der Waals surface area contributed by atoms with Crippen molar-refractivity contribution in [2.75, 3.05) is 18.5 Å². The number of nitrogens with zero attached hydrogens (tertiary/aromatic N) is 2. The Hall–Kier alpha value is -1.89. The predicted molar refractivity (Wildman–Crippen MR) is 61.4 cm³/mol. The van der Waals surface area contributed by atoms with Crippen LogP contribution in [-0.4, -0.2) is 29.2 Å². The Kier molecular flexibility index (Phi) is 3.16. The van der Waals surface area contributed by atoms with Crippen LogP contribution >= 0.6 is 11.3 Å². The van der Waals surface area contributed by atoms with Crippen molar-refractivity contribution in [3.63, 3.8) is 0 Å². The molecule has 0 aliphatic carbocycles. The van der Waals surface area contributed by atoms with Gasteiger partial charge in [0, 0.05) is 0 Å². The van der Waals surface area contributed by atoms with Crippen LogP contribution in [0.4, 0.5) is 10.6 Å². The number of ether oxygens (including phenoxy) is 1. The van der Waals surface area contributed by atoms with E-state index in [-0.39, 0.29) is 6.61 Å². The molecule has 84 valence electrons. The molecule has 0 bridgehead atoms. The highest BCUT2D eigenvalue weighted by molar-refractivity contribution is 7.16. The summed E-state index contributed by atoms with van der Waals surface area (Å²) >= 11 is 1.55. The Labute approximate surface area is 95.5 Å². The normalized spacial score (nSPS) is 10.2. The minimum atomic E-state index is -0.773. The first-order valence-electron chi connectivity index (χ1n) is 4.61. The molecule has 16 heavy (non-hydrogen) atoms. The fourth-order valence-electron chi connectivity index (χ4n) is 1.25. The third kappa shape index (κ3) is 2.37. The molecule has 0 saturated carbocycles. The molecule has 0 aliphatic rings. The maximum Gasteiger partial charge on any atom is 0.404 e. The van der Waals surface area contributed by atoms with Gasteiger partial charge in [0.05, 0.1) is 11.9 Å². The Bertz CT molecular complexity index is 499. The van der Waals surface area contributed by atoms with Gasteiger partial charge in [-0.1, -0.05) is 0 Å². The number of nitrogens with two attached hydrogens (primary N) is 1. The molecule has 2 rings (SSSR count). The second kappa shape index (κ2) is 4.75. The van der Waals surface area contributed by atoms with Gasteiger partial charge in [0.25, 0.3) is 0 Å². The molecule has 0 unspecified atom stereocenters. The van der Waals surface area contributed by atoms with Gasteiger partial charge in [-0.15, -0.1) is 11.3 Å². The lowest BCUT2D eigenvalue weighted by atomic mass is 10.4. The summed E-state index contributed by atoms with van der Waals surface area (Å²) < 4.78 is 4.59. The lowest BCUT2D eigenvalue weighted by molar-refractivity contribution is 0.161. The molecule has 3 N–H and O–H groups in total. The Morgan fingerprint density at radius 3 is 3.25 bits per heavy atom. The SMILES string of the molecule is NC(=O)OCCNc1ncnc2sccc12. The fourth-order valence-corrected chi connectivity index (χ4v) is 1.98. The summed E-state index contributed by atoms with van der Waals surface area (Å²) in [6.07, 6.45) is 0.723. The Balaban J connectivity index is 1.98. The summed E-state index contributed by atoms with van der Waals surface area (Å²) in [4.78, 5) is 19.5. The lowest BCUT2D eigenvalue weighted by Crippen LogP contribution is -2.18. The zero-order valence-corrected chi connectivity index (χ0v) is 9.16. The van der Waals surface area contributed by atoms with E-state index < -0.39 is 6.09 Å². The number of fused-ring (bicyclic) bond motifs is 1. The van der Waals surface area contributed by atoms with Gasteiger partial charge in [-0.2, -0.15) is 0 Å². The molecule has 0 aromatic carbocycles. The highest BCUT2D eigenvalue weighted by Crippen LogP contribution is 2.23. The van der Waals surface area contributed by atoms with Crippen molar-refractivity contribution in [2.24, 2.45) is 5.73 Å². The van der Waals surface area contributed by atoms with Crippen LogP contribution < -0.4 is 11.1 Å². The van der Waals surface area contributed by atoms with Gasteiger partial charge in [-0.3, -0.25) is 0 Å². The van der Waals surface area contributed by atoms with Crippen molar-refractivity contribution in [1.29, 1.82) is 0 Å². The van der Waals surface area contributed by atoms with E-state index in [0.717, 1.165) is 16.0 Å². The van der Waals surface area contributed by atoms with Gasteiger partial charge < -0.3 is 15.8 Å². The van der Waals surface area contributed by atoms with E-state index in [1.54, 1.807) is 11.3 Å². The largest absolute Gasteiger partial charge is 0.448 e. The summed E-state index contributed by atoms with van der Waals surface area (Å²) in [5.41, 5.74) is 4.83. The summed E-state index contributed by atoms with van der Waals surface area (Å²) in [5, 5.41) is 5.97. The first-order chi connectivity index (χ1) is 7.77. The second-order valence-electron chi connectivity index (χ2n) is 2.96. The van der Waals surface area contributed by atoms with Crippen LogP contribution in [0.5, 0.6) is 0 Å². The lowest BCUT2D eigenvalue weighted by Gasteiger charge is -2.05. The van der Waals surface area contributed by atoms with Crippen molar-refractivity contribution in [2.45, 2.75) is 0 Å². The summed E-state index contributed by atoms with van der Waals surface area (Å²) in [6, 6.07) is 1.94. The van der Waals surface area contributed by atoms with Crippen LogP contribution in [-0.2, 0) is 4.74 Å². The molecule has 2 aromatic heterocycles. The molecule has 6 nitrogen and oxygen atoms in total. The van der Waals surface area contributed by atoms with E-state index in [0.29, 0.717) is 6.54 Å². The molecule has 2 heterocycles. The number of rotatable bonds is 4. The van der Waals surface area contributed by atoms with Gasteiger partial charge in [-0.05, 0) is 11.4 Å². The van der Waals surface area contributed by atoms with Gasteiger partial charge in [0.15, 0.2) is 0 Å². The quantitative estimate of drug-likeness (QED) is 0.781. The van der Waals surface area contributed by atoms with Crippen LogP contribution in [0.15, 0.2) is 17.8 Å². The Morgan fingerprint density at radius 1 is 1.56 bits per heavy atom. The maximum absolute atomic E-state index is 10.3. The van der Waals surface area contributed by atoms with Crippen molar-refractivity contribution in [3.05, 3.63) is 17.8 Å². The molecule has 2 aromatic rings. The first kappa shape index (κ1) is 10.6. The van der Waals surface area contributed by atoms with Crippen molar-refractivity contribution in [3.8, 4) is 0 Å². The average molecular weight is 238 g/mol. The molecule has 0 fully saturated rings. The average Bonchev–Trinajstić information content (AvgIpc) is 2.72. The molecule has 0 saturated heterocycles. The van der Waals surface area contributed by atoms with Crippen LogP contribution in [0.25, 0.3) is 10.2 Å². The topological polar surface area (TPSA) is 90.1 Å². The highest BCUT2D eigenvalue weighted by Gasteiger charge is 2.03. The van der Waals surface area contributed by atoms with E-state index in [4.69, 9.17) is 5.73 Å². The number of hydrogen-bond acceptors (Lipinski definition) is 6. The predicted octanol–water partition coefficient (Wildman–Crippen LogP) is 1.20. The smallest absolute Gasteiger partial charge is 0.404 e. The van der Waals surface area contributed by atoms with Crippen molar-refractivity contribution < 1.29 is 9.53 Å². The Morgan fingerprint density at radius 2 is 2.44 bits per heavy atom. The van der Waals surface area contributed by atoms with Gasteiger partial charge in [0.2, 0.25) is 0 Å². The van der Waals surface area contributed by atoms with Crippen molar-refractivity contribution >= 4 is 33.5 Å². The molecule has 1 amide bonds. The first-order valence-corrected chi connectivity index (χ1v) is 5.49. The van der Waals surface area contributed by atoms with E-state index in [9.17, 15) is 4.79 Å². The highest BCUT2D eigenvalue weighted by atomic mass is 32.1. The minimum Gasteiger partial charge on any atom is -0.448 e. The van der Waals surface area contributed by atoms with E-state index in [1.807, 2.05) is 11.4 Å². The molecule has 7 heteroatoms. The number of amides is 1. The van der Waals surface area contributed by atoms with Crippen LogP contribution in [0.3, 0.4) is 0 Å². The number of aromatic nitrogens is 2. The number of hydrogen-bond donors (Lipinski definition) is 2. The second-order valence-corrected chi connectivity index (χ2v) is 3.85. The maximum atomic E-state index is 10.3. The third-order valence-electron chi connectivity index (χ3n) is 1.90. The minimum absolute atomic E-state index is 0.213. The van der Waals surface area contributed by atoms with Gasteiger partial charge in [0.1, 0.15) is 23.6 Å².